The largest absolute Gasteiger partial charge is 0.481 e. The lowest BCUT2D eigenvalue weighted by molar-refractivity contribution is -0.392. The number of carboxylic acids is 1. The number of aromatic nitrogens is 2. The Morgan fingerprint density at radius 3 is 2.57 bits per heavy atom. The summed E-state index contributed by atoms with van der Waals surface area (Å²) in [6.07, 6.45) is 1.29. The minimum absolute atomic E-state index is 0.0420. The highest BCUT2D eigenvalue weighted by Gasteiger charge is 2.24. The molecule has 1 rings (SSSR count). The van der Waals surface area contributed by atoms with E-state index in [4.69, 9.17) is 5.11 Å². The SMILES string of the molecule is Cc1ncc([N+](=O)[O-])n1CCN(CCC(=O)O)C(C)(C)C. The van der Waals surface area contributed by atoms with Crippen molar-refractivity contribution in [3.63, 3.8) is 0 Å². The maximum absolute atomic E-state index is 10.9. The van der Waals surface area contributed by atoms with Crippen LogP contribution in [0.1, 0.15) is 33.0 Å². The highest BCUT2D eigenvalue weighted by molar-refractivity contribution is 5.66. The summed E-state index contributed by atoms with van der Waals surface area (Å²) in [7, 11) is 0. The molecular weight excluding hydrogens is 276 g/mol. The van der Waals surface area contributed by atoms with Gasteiger partial charge in [0.05, 0.1) is 6.42 Å². The van der Waals surface area contributed by atoms with E-state index in [2.05, 4.69) is 4.98 Å². The highest BCUT2D eigenvalue weighted by atomic mass is 16.6. The van der Waals surface area contributed by atoms with Crippen LogP contribution in [0.25, 0.3) is 0 Å². The second kappa shape index (κ2) is 6.66. The molecule has 0 aliphatic heterocycles. The summed E-state index contributed by atoms with van der Waals surface area (Å²) in [6.45, 7) is 9.01. The monoisotopic (exact) mass is 298 g/mol. The maximum atomic E-state index is 10.9. The molecule has 1 aromatic heterocycles. The van der Waals surface area contributed by atoms with Gasteiger partial charge in [-0.2, -0.15) is 0 Å². The second-order valence-corrected chi connectivity index (χ2v) is 5.87. The van der Waals surface area contributed by atoms with Crippen molar-refractivity contribution >= 4 is 11.8 Å². The molecule has 1 heterocycles. The van der Waals surface area contributed by atoms with Crippen LogP contribution < -0.4 is 0 Å². The summed E-state index contributed by atoms with van der Waals surface area (Å²) in [5, 5.41) is 19.8. The molecule has 0 radical (unpaired) electrons. The Balaban J connectivity index is 2.79. The van der Waals surface area contributed by atoms with Crippen molar-refractivity contribution < 1.29 is 14.8 Å². The molecule has 0 amide bonds. The molecule has 21 heavy (non-hydrogen) atoms. The zero-order valence-electron chi connectivity index (χ0n) is 12.9. The van der Waals surface area contributed by atoms with E-state index in [1.54, 1.807) is 11.5 Å². The predicted molar refractivity (Wildman–Crippen MR) is 77.2 cm³/mol. The zero-order valence-corrected chi connectivity index (χ0v) is 12.9. The molecule has 1 aromatic rings. The summed E-state index contributed by atoms with van der Waals surface area (Å²) in [5.41, 5.74) is -0.210. The molecule has 0 aliphatic carbocycles. The van der Waals surface area contributed by atoms with E-state index in [0.29, 0.717) is 25.5 Å². The van der Waals surface area contributed by atoms with Crippen LogP contribution in [0.4, 0.5) is 5.82 Å². The van der Waals surface area contributed by atoms with Gasteiger partial charge in [0.15, 0.2) is 5.82 Å². The van der Waals surface area contributed by atoms with Crippen LogP contribution >= 0.6 is 0 Å². The number of nitro groups is 1. The van der Waals surface area contributed by atoms with Gasteiger partial charge in [-0.1, -0.05) is 0 Å². The number of imidazole rings is 1. The molecule has 0 fully saturated rings. The number of rotatable bonds is 7. The smallest absolute Gasteiger partial charge is 0.342 e. The van der Waals surface area contributed by atoms with Gasteiger partial charge in [0, 0.05) is 25.6 Å². The van der Waals surface area contributed by atoms with Crippen LogP contribution in [0.2, 0.25) is 0 Å². The van der Waals surface area contributed by atoms with Crippen LogP contribution in [0.3, 0.4) is 0 Å². The average molecular weight is 298 g/mol. The molecule has 0 atom stereocenters. The maximum Gasteiger partial charge on any atom is 0.342 e. The summed E-state index contributed by atoms with van der Waals surface area (Å²) >= 11 is 0. The van der Waals surface area contributed by atoms with E-state index in [1.165, 1.54) is 6.20 Å². The fraction of sp³-hybridized carbons (Fsp3) is 0.692. The summed E-state index contributed by atoms with van der Waals surface area (Å²) < 4.78 is 1.54. The first-order valence-corrected chi connectivity index (χ1v) is 6.76. The van der Waals surface area contributed by atoms with Crippen molar-refractivity contribution in [2.45, 2.75) is 46.2 Å². The first kappa shape index (κ1) is 17.1. The van der Waals surface area contributed by atoms with Crippen LogP contribution in [0, 0.1) is 17.0 Å². The lowest BCUT2D eigenvalue weighted by Gasteiger charge is -2.34. The van der Waals surface area contributed by atoms with Crippen molar-refractivity contribution in [1.82, 2.24) is 14.5 Å². The predicted octanol–water partition coefficient (Wildman–Crippen LogP) is 1.67. The summed E-state index contributed by atoms with van der Waals surface area (Å²) in [5.74, 6) is -0.317. The Morgan fingerprint density at radius 2 is 2.10 bits per heavy atom. The third kappa shape index (κ3) is 4.82. The molecule has 0 bridgehead atoms. The van der Waals surface area contributed by atoms with E-state index in [-0.39, 0.29) is 17.8 Å². The second-order valence-electron chi connectivity index (χ2n) is 5.87. The Labute approximate surface area is 123 Å². The molecule has 0 saturated heterocycles. The lowest BCUT2D eigenvalue weighted by Crippen LogP contribution is -2.44. The Morgan fingerprint density at radius 1 is 1.48 bits per heavy atom. The third-order valence-corrected chi connectivity index (χ3v) is 3.36. The molecule has 1 N–H and O–H groups in total. The van der Waals surface area contributed by atoms with E-state index < -0.39 is 10.9 Å². The van der Waals surface area contributed by atoms with Gasteiger partial charge in [-0.25, -0.2) is 9.55 Å². The number of nitrogens with zero attached hydrogens (tertiary/aromatic N) is 4. The van der Waals surface area contributed by atoms with Gasteiger partial charge < -0.3 is 15.2 Å². The fourth-order valence-corrected chi connectivity index (χ4v) is 2.11. The van der Waals surface area contributed by atoms with Crippen molar-refractivity contribution in [1.29, 1.82) is 0 Å². The molecule has 0 saturated carbocycles. The molecule has 0 aliphatic rings. The van der Waals surface area contributed by atoms with Crippen molar-refractivity contribution in [2.75, 3.05) is 13.1 Å². The van der Waals surface area contributed by atoms with Gasteiger partial charge >= 0.3 is 11.8 Å². The van der Waals surface area contributed by atoms with Crippen molar-refractivity contribution in [3.8, 4) is 0 Å². The van der Waals surface area contributed by atoms with Gasteiger partial charge in [-0.15, -0.1) is 0 Å². The van der Waals surface area contributed by atoms with E-state index in [9.17, 15) is 14.9 Å². The summed E-state index contributed by atoms with van der Waals surface area (Å²) in [4.78, 5) is 27.2. The molecule has 0 spiro atoms. The van der Waals surface area contributed by atoms with Crippen LogP contribution in [0.5, 0.6) is 0 Å². The number of aryl methyl sites for hydroxylation is 1. The van der Waals surface area contributed by atoms with Gasteiger partial charge in [0.2, 0.25) is 0 Å². The van der Waals surface area contributed by atoms with E-state index >= 15 is 0 Å². The quantitative estimate of drug-likeness (QED) is 0.607. The van der Waals surface area contributed by atoms with Gasteiger partial charge in [0.25, 0.3) is 0 Å². The molecule has 0 unspecified atom stereocenters. The first-order chi connectivity index (χ1) is 9.62. The zero-order chi connectivity index (χ0) is 16.2. The molecule has 8 heteroatoms. The van der Waals surface area contributed by atoms with Crippen LogP contribution in [-0.2, 0) is 11.3 Å². The van der Waals surface area contributed by atoms with Gasteiger partial charge in [0.1, 0.15) is 12.7 Å². The number of hydrogen-bond donors (Lipinski definition) is 1. The van der Waals surface area contributed by atoms with Gasteiger partial charge in [-0.05, 0) is 25.7 Å². The summed E-state index contributed by atoms with van der Waals surface area (Å²) in [6, 6.07) is 0. The van der Waals surface area contributed by atoms with E-state index in [1.807, 2.05) is 25.7 Å². The number of carboxylic acid groups (broad SMARTS) is 1. The van der Waals surface area contributed by atoms with Crippen LogP contribution in [-0.4, -0.2) is 49.1 Å². The van der Waals surface area contributed by atoms with Crippen LogP contribution in [0.15, 0.2) is 6.20 Å². The molecule has 8 nitrogen and oxygen atoms in total. The molecule has 118 valence electrons. The van der Waals surface area contributed by atoms with Crippen molar-refractivity contribution in [2.24, 2.45) is 0 Å². The molecular formula is C13H22N4O4. The Hall–Kier alpha value is -1.96. The Kier molecular flexibility index (Phi) is 5.42. The fourth-order valence-electron chi connectivity index (χ4n) is 2.11. The normalized spacial score (nSPS) is 11.9. The van der Waals surface area contributed by atoms with E-state index in [0.717, 1.165) is 0 Å². The molecule has 0 aromatic carbocycles. The minimum atomic E-state index is -0.853. The average Bonchev–Trinajstić information content (AvgIpc) is 2.68. The topological polar surface area (TPSA) is 102 Å². The highest BCUT2D eigenvalue weighted by Crippen LogP contribution is 2.17. The Bertz CT molecular complexity index is 519. The van der Waals surface area contributed by atoms with Gasteiger partial charge in [-0.3, -0.25) is 9.69 Å². The lowest BCUT2D eigenvalue weighted by atomic mass is 10.1. The minimum Gasteiger partial charge on any atom is -0.481 e. The first-order valence-electron chi connectivity index (χ1n) is 6.76. The number of carbonyl (C=O) groups is 1. The number of aliphatic carboxylic acids is 1. The van der Waals surface area contributed by atoms with Crippen molar-refractivity contribution in [3.05, 3.63) is 22.1 Å². The number of hydrogen-bond acceptors (Lipinski definition) is 5. The third-order valence-electron chi connectivity index (χ3n) is 3.36. The standard InChI is InChI=1S/C13H22N4O4/c1-10-14-9-11(17(20)21)16(10)8-7-15(13(2,3)4)6-5-12(18)19/h9H,5-8H2,1-4H3,(H,18,19).